The minimum atomic E-state index is -3.56. The summed E-state index contributed by atoms with van der Waals surface area (Å²) in [5.74, 6) is 0.573. The minimum absolute atomic E-state index is 0.0646. The van der Waals surface area contributed by atoms with Crippen molar-refractivity contribution in [2.45, 2.75) is 37.5 Å². The highest BCUT2D eigenvalue weighted by Gasteiger charge is 2.31. The van der Waals surface area contributed by atoms with Gasteiger partial charge in [0.25, 0.3) is 5.91 Å². The molecule has 1 aromatic heterocycles. The van der Waals surface area contributed by atoms with Gasteiger partial charge in [0.2, 0.25) is 10.0 Å². The zero-order valence-corrected chi connectivity index (χ0v) is 14.8. The first kappa shape index (κ1) is 17.4. The molecule has 0 radical (unpaired) electrons. The topological polar surface area (TPSA) is 91.6 Å². The van der Waals surface area contributed by atoms with E-state index in [2.05, 4.69) is 10.6 Å². The van der Waals surface area contributed by atoms with Crippen LogP contribution in [0.3, 0.4) is 0 Å². The van der Waals surface area contributed by atoms with E-state index in [0.717, 1.165) is 38.8 Å². The molecule has 24 heavy (non-hydrogen) atoms. The van der Waals surface area contributed by atoms with Gasteiger partial charge in [0.05, 0.1) is 0 Å². The normalized spacial score (nSPS) is 22.1. The third-order valence-corrected chi connectivity index (χ3v) is 6.79. The van der Waals surface area contributed by atoms with Gasteiger partial charge in [0.1, 0.15) is 10.7 Å². The fraction of sp³-hybridized carbons (Fsp3) is 0.688. The fourth-order valence-corrected chi connectivity index (χ4v) is 5.02. The lowest BCUT2D eigenvalue weighted by atomic mass is 10.1. The summed E-state index contributed by atoms with van der Waals surface area (Å²) in [5, 5.41) is 6.11. The molecule has 7 nitrogen and oxygen atoms in total. The zero-order chi connectivity index (χ0) is 17.2. The zero-order valence-electron chi connectivity index (χ0n) is 14.0. The Kier molecular flexibility index (Phi) is 5.27. The lowest BCUT2D eigenvalue weighted by molar-refractivity contribution is 0.0922. The summed E-state index contributed by atoms with van der Waals surface area (Å²) in [7, 11) is -3.56. The lowest BCUT2D eigenvalue weighted by Crippen LogP contribution is -2.28. The van der Waals surface area contributed by atoms with Crippen LogP contribution in [0.25, 0.3) is 0 Å². The molecule has 8 heteroatoms. The second-order valence-electron chi connectivity index (χ2n) is 6.55. The Bertz CT molecular complexity index is 686. The van der Waals surface area contributed by atoms with Crippen LogP contribution in [0.1, 0.15) is 42.0 Å². The molecule has 1 amide bonds. The van der Waals surface area contributed by atoms with Crippen LogP contribution in [0.5, 0.6) is 0 Å². The minimum Gasteiger partial charge on any atom is -0.455 e. The number of furan rings is 1. The number of carbonyl (C=O) groups excluding carboxylic acids is 1. The highest BCUT2D eigenvalue weighted by Crippen LogP contribution is 2.26. The van der Waals surface area contributed by atoms with Gasteiger partial charge in [-0.15, -0.1) is 0 Å². The standard InChI is InChI=1S/C16H25N3O4S/c1-12-15(24(21,22)19-8-2-3-9-19)10-14(23-12)16(20)18-7-5-13-4-6-17-11-13/h10,13,17H,2-9,11H2,1H3,(H,18,20). The molecule has 2 saturated heterocycles. The van der Waals surface area contributed by atoms with Crippen LogP contribution >= 0.6 is 0 Å². The summed E-state index contributed by atoms with van der Waals surface area (Å²) >= 11 is 0. The van der Waals surface area contributed by atoms with Gasteiger partial charge in [0, 0.05) is 25.7 Å². The number of nitrogens with zero attached hydrogens (tertiary/aromatic N) is 1. The molecule has 0 aromatic carbocycles. The predicted molar refractivity (Wildman–Crippen MR) is 89.4 cm³/mol. The van der Waals surface area contributed by atoms with Crippen LogP contribution in [-0.2, 0) is 10.0 Å². The molecule has 0 bridgehead atoms. The second-order valence-corrected chi connectivity index (χ2v) is 8.45. The predicted octanol–water partition coefficient (Wildman–Crippen LogP) is 1.10. The highest BCUT2D eigenvalue weighted by atomic mass is 32.2. The van der Waals surface area contributed by atoms with E-state index in [1.54, 1.807) is 6.92 Å². The molecule has 3 rings (SSSR count). The molecule has 1 aromatic rings. The summed E-state index contributed by atoms with van der Waals surface area (Å²) in [4.78, 5) is 12.3. The van der Waals surface area contributed by atoms with Gasteiger partial charge in [-0.25, -0.2) is 8.42 Å². The van der Waals surface area contributed by atoms with Crippen molar-refractivity contribution in [3.8, 4) is 0 Å². The van der Waals surface area contributed by atoms with Gasteiger partial charge in [-0.1, -0.05) is 0 Å². The molecule has 2 N–H and O–H groups in total. The number of aryl methyl sites for hydroxylation is 1. The second kappa shape index (κ2) is 7.25. The first-order valence-electron chi connectivity index (χ1n) is 8.58. The van der Waals surface area contributed by atoms with Crippen LogP contribution in [0.2, 0.25) is 0 Å². The monoisotopic (exact) mass is 355 g/mol. The van der Waals surface area contributed by atoms with Gasteiger partial charge >= 0.3 is 0 Å². The quantitative estimate of drug-likeness (QED) is 0.797. The molecule has 2 fully saturated rings. The van der Waals surface area contributed by atoms with Crippen molar-refractivity contribution >= 4 is 15.9 Å². The number of hydrogen-bond donors (Lipinski definition) is 2. The SMILES string of the molecule is Cc1oc(C(=O)NCCC2CCNC2)cc1S(=O)(=O)N1CCCC1. The molecule has 0 saturated carbocycles. The van der Waals surface area contributed by atoms with E-state index < -0.39 is 10.0 Å². The van der Waals surface area contributed by atoms with E-state index >= 15 is 0 Å². The maximum Gasteiger partial charge on any atom is 0.287 e. The average Bonchev–Trinajstić information content (AvgIpc) is 3.28. The Morgan fingerprint density at radius 2 is 2.17 bits per heavy atom. The van der Waals surface area contributed by atoms with Gasteiger partial charge in [0.15, 0.2) is 5.76 Å². The van der Waals surface area contributed by atoms with E-state index in [1.165, 1.54) is 10.4 Å². The number of amides is 1. The number of hydrogen-bond acceptors (Lipinski definition) is 5. The summed E-state index contributed by atoms with van der Waals surface area (Å²) in [5.41, 5.74) is 0. The molecule has 2 aliphatic rings. The molecule has 2 aliphatic heterocycles. The number of nitrogens with one attached hydrogen (secondary N) is 2. The molecule has 3 heterocycles. The summed E-state index contributed by atoms with van der Waals surface area (Å²) < 4.78 is 32.1. The first-order chi connectivity index (χ1) is 11.5. The summed E-state index contributed by atoms with van der Waals surface area (Å²) in [6.07, 6.45) is 3.80. The van der Waals surface area contributed by atoms with Gasteiger partial charge < -0.3 is 15.1 Å². The third kappa shape index (κ3) is 3.65. The van der Waals surface area contributed by atoms with Gasteiger partial charge in [-0.2, -0.15) is 4.31 Å². The van der Waals surface area contributed by atoms with Crippen LogP contribution in [0.4, 0.5) is 0 Å². The van der Waals surface area contributed by atoms with Crippen molar-refractivity contribution in [3.05, 3.63) is 17.6 Å². The number of sulfonamides is 1. The van der Waals surface area contributed by atoms with Crippen LogP contribution in [0.15, 0.2) is 15.4 Å². The van der Waals surface area contributed by atoms with E-state index in [0.29, 0.717) is 25.6 Å². The van der Waals surface area contributed by atoms with Crippen molar-refractivity contribution < 1.29 is 17.6 Å². The Balaban J connectivity index is 1.63. The van der Waals surface area contributed by atoms with Crippen LogP contribution in [-0.4, -0.2) is 51.4 Å². The Morgan fingerprint density at radius 3 is 2.83 bits per heavy atom. The van der Waals surface area contributed by atoms with Crippen LogP contribution in [0, 0.1) is 12.8 Å². The van der Waals surface area contributed by atoms with Gasteiger partial charge in [-0.3, -0.25) is 4.79 Å². The molecule has 134 valence electrons. The fourth-order valence-electron chi connectivity index (χ4n) is 3.34. The Morgan fingerprint density at radius 1 is 1.42 bits per heavy atom. The van der Waals surface area contributed by atoms with Crippen LogP contribution < -0.4 is 10.6 Å². The Hall–Kier alpha value is -1.38. The average molecular weight is 355 g/mol. The van der Waals surface area contributed by atoms with Crippen molar-refractivity contribution in [2.75, 3.05) is 32.7 Å². The molecule has 0 spiro atoms. The number of carbonyl (C=O) groups is 1. The summed E-state index contributed by atoms with van der Waals surface area (Å²) in [6.45, 7) is 5.25. The molecule has 1 atom stereocenters. The van der Waals surface area contributed by atoms with E-state index in [1.807, 2.05) is 0 Å². The molecular weight excluding hydrogens is 330 g/mol. The first-order valence-corrected chi connectivity index (χ1v) is 10.0. The van der Waals surface area contributed by atoms with E-state index in [-0.39, 0.29) is 22.3 Å². The smallest absolute Gasteiger partial charge is 0.287 e. The largest absolute Gasteiger partial charge is 0.455 e. The molecule has 1 unspecified atom stereocenters. The van der Waals surface area contributed by atoms with Crippen molar-refractivity contribution in [1.82, 2.24) is 14.9 Å². The van der Waals surface area contributed by atoms with Gasteiger partial charge in [-0.05, 0) is 51.6 Å². The number of rotatable bonds is 6. The highest BCUT2D eigenvalue weighted by molar-refractivity contribution is 7.89. The molecular formula is C16H25N3O4S. The van der Waals surface area contributed by atoms with Crippen molar-refractivity contribution in [2.24, 2.45) is 5.92 Å². The van der Waals surface area contributed by atoms with E-state index in [9.17, 15) is 13.2 Å². The Labute approximate surface area is 142 Å². The summed E-state index contributed by atoms with van der Waals surface area (Å²) in [6, 6.07) is 1.36. The maximum absolute atomic E-state index is 12.6. The van der Waals surface area contributed by atoms with Crippen molar-refractivity contribution in [1.29, 1.82) is 0 Å². The lowest BCUT2D eigenvalue weighted by Gasteiger charge is -2.14. The van der Waals surface area contributed by atoms with Crippen molar-refractivity contribution in [3.63, 3.8) is 0 Å². The third-order valence-electron chi connectivity index (χ3n) is 4.78. The maximum atomic E-state index is 12.6. The molecule has 0 aliphatic carbocycles. The van der Waals surface area contributed by atoms with E-state index in [4.69, 9.17) is 4.42 Å².